The second-order valence-corrected chi connectivity index (χ2v) is 7.13. The van der Waals surface area contributed by atoms with Gasteiger partial charge in [0.2, 0.25) is 5.91 Å². The number of carbonyl (C=O) groups excluding carboxylic acids is 1. The molecule has 1 atom stereocenters. The monoisotopic (exact) mass is 367 g/mol. The lowest BCUT2D eigenvalue weighted by atomic mass is 9.93. The van der Waals surface area contributed by atoms with Crippen molar-refractivity contribution in [2.24, 2.45) is 11.8 Å². The summed E-state index contributed by atoms with van der Waals surface area (Å²) in [7, 11) is 0. The maximum Gasteiger partial charge on any atom is 0.220 e. The van der Waals surface area contributed by atoms with Crippen molar-refractivity contribution in [2.75, 3.05) is 32.7 Å². The molecule has 6 heteroatoms. The van der Waals surface area contributed by atoms with Crippen LogP contribution in [0.1, 0.15) is 52.4 Å². The maximum absolute atomic E-state index is 12.0. The molecule has 138 valence electrons. The molecule has 0 aromatic carbocycles. The number of nitrogens with zero attached hydrogens (tertiary/aromatic N) is 1. The molecule has 0 spiro atoms. The molecule has 0 aromatic heterocycles. The standard InChI is InChI=1S/C17H33N3O.2ClH/c1-14(2)20-11-3-4-16(13-20)12-19-17(21)6-5-15-7-9-18-10-8-15;;/h14-16,18H,3-13H2,1-2H3,(H,19,21);2*1H. The Balaban J connectivity index is 0.00000242. The summed E-state index contributed by atoms with van der Waals surface area (Å²) >= 11 is 0. The van der Waals surface area contributed by atoms with Crippen molar-refractivity contribution in [3.05, 3.63) is 0 Å². The van der Waals surface area contributed by atoms with Crippen LogP contribution in [0, 0.1) is 11.8 Å². The number of hydrogen-bond acceptors (Lipinski definition) is 3. The number of nitrogens with one attached hydrogen (secondary N) is 2. The number of halogens is 2. The van der Waals surface area contributed by atoms with Crippen LogP contribution in [-0.4, -0.2) is 49.6 Å². The van der Waals surface area contributed by atoms with E-state index in [1.165, 1.54) is 32.2 Å². The van der Waals surface area contributed by atoms with Gasteiger partial charge in [-0.05, 0) is 77.4 Å². The molecule has 2 aliphatic heterocycles. The summed E-state index contributed by atoms with van der Waals surface area (Å²) in [6, 6.07) is 0.628. The minimum Gasteiger partial charge on any atom is -0.356 e. The molecular formula is C17H35Cl2N3O. The maximum atomic E-state index is 12.0. The van der Waals surface area contributed by atoms with Gasteiger partial charge in [-0.1, -0.05) is 0 Å². The van der Waals surface area contributed by atoms with Crippen LogP contribution < -0.4 is 10.6 Å². The summed E-state index contributed by atoms with van der Waals surface area (Å²) in [4.78, 5) is 14.5. The van der Waals surface area contributed by atoms with Crippen molar-refractivity contribution in [2.45, 2.75) is 58.4 Å². The molecule has 1 unspecified atom stereocenters. The Morgan fingerprint density at radius 3 is 2.52 bits per heavy atom. The molecule has 0 aromatic rings. The third kappa shape index (κ3) is 8.57. The number of piperidine rings is 2. The van der Waals surface area contributed by atoms with Gasteiger partial charge in [0.15, 0.2) is 0 Å². The molecule has 4 nitrogen and oxygen atoms in total. The highest BCUT2D eigenvalue weighted by atomic mass is 35.5. The lowest BCUT2D eigenvalue weighted by Gasteiger charge is -2.35. The van der Waals surface area contributed by atoms with Gasteiger partial charge in [0.25, 0.3) is 0 Å². The highest BCUT2D eigenvalue weighted by Crippen LogP contribution is 2.19. The fraction of sp³-hybridized carbons (Fsp3) is 0.941. The molecule has 2 rings (SSSR count). The Bertz CT molecular complexity index is 323. The van der Waals surface area contributed by atoms with Crippen LogP contribution in [-0.2, 0) is 4.79 Å². The zero-order valence-electron chi connectivity index (χ0n) is 14.7. The van der Waals surface area contributed by atoms with E-state index in [1.807, 2.05) is 0 Å². The Labute approximate surface area is 154 Å². The quantitative estimate of drug-likeness (QED) is 0.758. The summed E-state index contributed by atoms with van der Waals surface area (Å²) in [5.74, 6) is 1.65. The number of amides is 1. The first-order chi connectivity index (χ1) is 10.1. The molecule has 2 N–H and O–H groups in total. The van der Waals surface area contributed by atoms with Crippen LogP contribution in [0.4, 0.5) is 0 Å². The van der Waals surface area contributed by atoms with E-state index in [-0.39, 0.29) is 30.7 Å². The highest BCUT2D eigenvalue weighted by molar-refractivity contribution is 5.85. The first-order valence-corrected chi connectivity index (χ1v) is 8.86. The molecule has 2 fully saturated rings. The molecule has 1 amide bonds. The van der Waals surface area contributed by atoms with Crippen molar-refractivity contribution in [1.29, 1.82) is 0 Å². The number of rotatable bonds is 6. The SMILES string of the molecule is CC(C)N1CCCC(CNC(=O)CCC2CCNCC2)C1.Cl.Cl. The van der Waals surface area contributed by atoms with Gasteiger partial charge in [-0.3, -0.25) is 4.79 Å². The third-order valence-electron chi connectivity index (χ3n) is 5.11. The van der Waals surface area contributed by atoms with Crippen molar-refractivity contribution in [3.8, 4) is 0 Å². The normalized spacial score (nSPS) is 23.0. The van der Waals surface area contributed by atoms with E-state index in [1.54, 1.807) is 0 Å². The van der Waals surface area contributed by atoms with Gasteiger partial charge in [-0.25, -0.2) is 0 Å². The van der Waals surface area contributed by atoms with Crippen LogP contribution in [0.15, 0.2) is 0 Å². The van der Waals surface area contributed by atoms with E-state index in [0.717, 1.165) is 38.5 Å². The van der Waals surface area contributed by atoms with Crippen molar-refractivity contribution in [1.82, 2.24) is 15.5 Å². The van der Waals surface area contributed by atoms with E-state index in [9.17, 15) is 4.79 Å². The first kappa shape index (κ1) is 23.0. The fourth-order valence-electron chi connectivity index (χ4n) is 3.59. The highest BCUT2D eigenvalue weighted by Gasteiger charge is 2.22. The van der Waals surface area contributed by atoms with Crippen LogP contribution >= 0.6 is 24.8 Å². The lowest BCUT2D eigenvalue weighted by Crippen LogP contribution is -2.43. The van der Waals surface area contributed by atoms with Gasteiger partial charge in [0.1, 0.15) is 0 Å². The molecule has 23 heavy (non-hydrogen) atoms. The summed E-state index contributed by atoms with van der Waals surface area (Å²) in [5, 5.41) is 6.55. The number of hydrogen-bond donors (Lipinski definition) is 2. The predicted molar refractivity (Wildman–Crippen MR) is 102 cm³/mol. The average molecular weight is 368 g/mol. The molecule has 2 heterocycles. The van der Waals surface area contributed by atoms with E-state index in [2.05, 4.69) is 29.4 Å². The average Bonchev–Trinajstić information content (AvgIpc) is 2.52. The zero-order valence-corrected chi connectivity index (χ0v) is 16.3. The molecule has 0 radical (unpaired) electrons. The van der Waals surface area contributed by atoms with Gasteiger partial charge in [-0.15, -0.1) is 24.8 Å². The van der Waals surface area contributed by atoms with Gasteiger partial charge in [-0.2, -0.15) is 0 Å². The van der Waals surface area contributed by atoms with Gasteiger partial charge in [0, 0.05) is 25.6 Å². The predicted octanol–water partition coefficient (Wildman–Crippen LogP) is 2.85. The second-order valence-electron chi connectivity index (χ2n) is 7.13. The Hall–Kier alpha value is -0.0300. The zero-order chi connectivity index (χ0) is 15.1. The number of likely N-dealkylation sites (tertiary alicyclic amines) is 1. The van der Waals surface area contributed by atoms with Crippen LogP contribution in [0.25, 0.3) is 0 Å². The lowest BCUT2D eigenvalue weighted by molar-refractivity contribution is -0.121. The van der Waals surface area contributed by atoms with Crippen LogP contribution in [0.5, 0.6) is 0 Å². The topological polar surface area (TPSA) is 44.4 Å². The minimum absolute atomic E-state index is 0. The van der Waals surface area contributed by atoms with E-state index in [4.69, 9.17) is 0 Å². The van der Waals surface area contributed by atoms with Crippen molar-refractivity contribution in [3.63, 3.8) is 0 Å². The van der Waals surface area contributed by atoms with Crippen molar-refractivity contribution < 1.29 is 4.79 Å². The smallest absolute Gasteiger partial charge is 0.220 e. The van der Waals surface area contributed by atoms with Crippen molar-refractivity contribution >= 4 is 30.7 Å². The summed E-state index contributed by atoms with van der Waals surface area (Å²) in [5.41, 5.74) is 0. The summed E-state index contributed by atoms with van der Waals surface area (Å²) in [6.07, 6.45) is 6.78. The minimum atomic E-state index is 0. The van der Waals surface area contributed by atoms with Crippen LogP contribution in [0.3, 0.4) is 0 Å². The Morgan fingerprint density at radius 1 is 1.17 bits per heavy atom. The molecular weight excluding hydrogens is 333 g/mol. The van der Waals surface area contributed by atoms with Gasteiger partial charge in [0.05, 0.1) is 0 Å². The molecule has 0 bridgehead atoms. The largest absolute Gasteiger partial charge is 0.356 e. The Kier molecular flexibility index (Phi) is 12.3. The van der Waals surface area contributed by atoms with Gasteiger partial charge >= 0.3 is 0 Å². The summed E-state index contributed by atoms with van der Waals surface area (Å²) in [6.45, 7) is 10.0. The molecule has 0 saturated carbocycles. The molecule has 2 saturated heterocycles. The fourth-order valence-corrected chi connectivity index (χ4v) is 3.59. The first-order valence-electron chi connectivity index (χ1n) is 8.86. The summed E-state index contributed by atoms with van der Waals surface area (Å²) < 4.78 is 0. The molecule has 2 aliphatic rings. The second kappa shape index (κ2) is 12.3. The Morgan fingerprint density at radius 2 is 1.87 bits per heavy atom. The van der Waals surface area contributed by atoms with E-state index in [0.29, 0.717) is 18.4 Å². The van der Waals surface area contributed by atoms with Crippen LogP contribution in [0.2, 0.25) is 0 Å². The van der Waals surface area contributed by atoms with E-state index < -0.39 is 0 Å². The van der Waals surface area contributed by atoms with Gasteiger partial charge < -0.3 is 15.5 Å². The molecule has 0 aliphatic carbocycles. The number of carbonyl (C=O) groups is 1. The third-order valence-corrected chi connectivity index (χ3v) is 5.11. The van der Waals surface area contributed by atoms with E-state index >= 15 is 0 Å².